The molecule has 2 rings (SSSR count). The van der Waals surface area contributed by atoms with Gasteiger partial charge in [0.2, 0.25) is 0 Å². The van der Waals surface area contributed by atoms with Gasteiger partial charge in [-0.3, -0.25) is 0 Å². The van der Waals surface area contributed by atoms with E-state index in [0.717, 1.165) is 17.8 Å². The Bertz CT molecular complexity index is 527. The van der Waals surface area contributed by atoms with Crippen molar-refractivity contribution in [2.45, 2.75) is 37.3 Å². The molecule has 1 aliphatic rings. The molecule has 2 atom stereocenters. The van der Waals surface area contributed by atoms with Crippen LogP contribution in [0.25, 0.3) is 0 Å². The lowest BCUT2D eigenvalue weighted by molar-refractivity contribution is 0.414. The van der Waals surface area contributed by atoms with Crippen LogP contribution in [0, 0.1) is 18.8 Å². The first-order chi connectivity index (χ1) is 8.40. The van der Waals surface area contributed by atoms with Gasteiger partial charge in [-0.2, -0.15) is 0 Å². The van der Waals surface area contributed by atoms with E-state index >= 15 is 0 Å². The number of aromatic nitrogens is 1. The molecule has 0 aliphatic heterocycles. The molecule has 0 spiro atoms. The summed E-state index contributed by atoms with van der Waals surface area (Å²) in [6.07, 6.45) is 3.49. The molecule has 0 bridgehead atoms. The van der Waals surface area contributed by atoms with Gasteiger partial charge in [-0.05, 0) is 25.2 Å². The Hall–Kier alpha value is -0.170. The van der Waals surface area contributed by atoms with Gasteiger partial charge in [-0.25, -0.2) is 18.1 Å². The van der Waals surface area contributed by atoms with Crippen LogP contribution in [0.15, 0.2) is 4.21 Å². The third-order valence-electron chi connectivity index (χ3n) is 3.55. The van der Waals surface area contributed by atoms with Gasteiger partial charge in [0.15, 0.2) is 8.68 Å². The second kappa shape index (κ2) is 5.45. The average Bonchev–Trinajstić information content (AvgIpc) is 2.82. The largest absolute Gasteiger partial charge is 0.251 e. The summed E-state index contributed by atoms with van der Waals surface area (Å²) in [7, 11) is -3.46. The fraction of sp³-hybridized carbons (Fsp3) is 0.727. The van der Waals surface area contributed by atoms with Crippen molar-refractivity contribution in [1.29, 1.82) is 0 Å². The van der Waals surface area contributed by atoms with E-state index in [0.29, 0.717) is 24.1 Å². The highest BCUT2D eigenvalue weighted by Gasteiger charge is 2.27. The molecule has 1 saturated carbocycles. The topological polar surface area (TPSA) is 59.1 Å². The summed E-state index contributed by atoms with van der Waals surface area (Å²) in [5.41, 5.74) is 0.469. The summed E-state index contributed by atoms with van der Waals surface area (Å²) < 4.78 is 27.4. The van der Waals surface area contributed by atoms with Crippen molar-refractivity contribution in [2.24, 2.45) is 11.8 Å². The Morgan fingerprint density at radius 3 is 2.72 bits per heavy atom. The summed E-state index contributed by atoms with van der Waals surface area (Å²) in [6.45, 7) is 4.36. The number of halogens is 1. The van der Waals surface area contributed by atoms with Gasteiger partial charge in [-0.1, -0.05) is 42.7 Å². The molecule has 1 aliphatic carbocycles. The molecule has 0 saturated heterocycles. The second-order valence-corrected chi connectivity index (χ2v) is 8.40. The van der Waals surface area contributed by atoms with Gasteiger partial charge >= 0.3 is 0 Å². The van der Waals surface area contributed by atoms with Crippen LogP contribution in [0.2, 0.25) is 4.47 Å². The number of rotatable bonds is 4. The number of aryl methyl sites for hydroxylation is 1. The van der Waals surface area contributed by atoms with Crippen LogP contribution >= 0.6 is 22.9 Å². The standard InChI is InChI=1S/C11H17ClN2O2S2/c1-7-4-3-5-9(7)6-13-18(15,16)10-8(2)14-11(12)17-10/h7,9,13H,3-6H2,1-2H3. The van der Waals surface area contributed by atoms with Crippen molar-refractivity contribution in [2.75, 3.05) is 6.54 Å². The molecule has 0 amide bonds. The van der Waals surface area contributed by atoms with Crippen LogP contribution in [0.4, 0.5) is 0 Å². The Kier molecular flexibility index (Phi) is 4.31. The van der Waals surface area contributed by atoms with Crippen molar-refractivity contribution >= 4 is 33.0 Å². The molecule has 1 aromatic rings. The Morgan fingerprint density at radius 1 is 1.50 bits per heavy atom. The zero-order valence-electron chi connectivity index (χ0n) is 10.4. The molecule has 1 N–H and O–H groups in total. The summed E-state index contributed by atoms with van der Waals surface area (Å²) in [5, 5.41) is 0. The molecule has 0 radical (unpaired) electrons. The first-order valence-corrected chi connectivity index (χ1v) is 8.70. The highest BCUT2D eigenvalue weighted by Crippen LogP contribution is 2.31. The van der Waals surface area contributed by atoms with E-state index < -0.39 is 10.0 Å². The summed E-state index contributed by atoms with van der Waals surface area (Å²) in [6, 6.07) is 0. The summed E-state index contributed by atoms with van der Waals surface area (Å²) in [4.78, 5) is 3.94. The minimum Gasteiger partial charge on any atom is -0.229 e. The number of nitrogens with zero attached hydrogens (tertiary/aromatic N) is 1. The number of sulfonamides is 1. The fourth-order valence-corrected chi connectivity index (χ4v) is 5.28. The number of hydrogen-bond donors (Lipinski definition) is 1. The van der Waals surface area contributed by atoms with Gasteiger partial charge in [-0.15, -0.1) is 0 Å². The lowest BCUT2D eigenvalue weighted by Crippen LogP contribution is -2.30. The third kappa shape index (κ3) is 3.04. The molecule has 102 valence electrons. The maximum atomic E-state index is 12.1. The van der Waals surface area contributed by atoms with Crippen molar-refractivity contribution in [3.63, 3.8) is 0 Å². The SMILES string of the molecule is Cc1nc(Cl)sc1S(=O)(=O)NCC1CCCC1C. The smallest absolute Gasteiger partial charge is 0.229 e. The molecule has 1 heterocycles. The molecule has 0 aromatic carbocycles. The van der Waals surface area contributed by atoms with Crippen molar-refractivity contribution in [3.8, 4) is 0 Å². The predicted molar refractivity (Wildman–Crippen MR) is 73.6 cm³/mol. The van der Waals surface area contributed by atoms with Gasteiger partial charge in [0.25, 0.3) is 10.0 Å². The van der Waals surface area contributed by atoms with E-state index in [1.165, 1.54) is 12.8 Å². The van der Waals surface area contributed by atoms with E-state index in [4.69, 9.17) is 11.6 Å². The number of hydrogen-bond acceptors (Lipinski definition) is 4. The Balaban J connectivity index is 2.06. The molecule has 4 nitrogen and oxygen atoms in total. The van der Waals surface area contributed by atoms with E-state index in [2.05, 4.69) is 16.6 Å². The molecule has 18 heavy (non-hydrogen) atoms. The summed E-state index contributed by atoms with van der Waals surface area (Å²) in [5.74, 6) is 1.04. The summed E-state index contributed by atoms with van der Waals surface area (Å²) >= 11 is 6.75. The molecular weight excluding hydrogens is 292 g/mol. The predicted octanol–water partition coefficient (Wildman–Crippen LogP) is 2.82. The van der Waals surface area contributed by atoms with Gasteiger partial charge in [0, 0.05) is 6.54 Å². The van der Waals surface area contributed by atoms with Crippen LogP contribution in [0.3, 0.4) is 0 Å². The highest BCUT2D eigenvalue weighted by atomic mass is 35.5. The van der Waals surface area contributed by atoms with E-state index in [1.54, 1.807) is 6.92 Å². The van der Waals surface area contributed by atoms with Gasteiger partial charge < -0.3 is 0 Å². The van der Waals surface area contributed by atoms with Crippen molar-refractivity contribution in [3.05, 3.63) is 10.2 Å². The van der Waals surface area contributed by atoms with Crippen LogP contribution in [-0.4, -0.2) is 19.9 Å². The van der Waals surface area contributed by atoms with E-state index in [9.17, 15) is 8.42 Å². The minimum atomic E-state index is -3.46. The minimum absolute atomic E-state index is 0.234. The van der Waals surface area contributed by atoms with Crippen molar-refractivity contribution in [1.82, 2.24) is 9.71 Å². The lowest BCUT2D eigenvalue weighted by Gasteiger charge is -2.15. The van der Waals surface area contributed by atoms with Crippen LogP contribution in [0.5, 0.6) is 0 Å². The number of nitrogens with one attached hydrogen (secondary N) is 1. The maximum Gasteiger partial charge on any atom is 0.251 e. The molecule has 7 heteroatoms. The van der Waals surface area contributed by atoms with Crippen LogP contribution < -0.4 is 4.72 Å². The van der Waals surface area contributed by atoms with Crippen LogP contribution in [0.1, 0.15) is 31.9 Å². The Morgan fingerprint density at radius 2 is 2.22 bits per heavy atom. The Labute approximate surface area is 117 Å². The number of thiazole rings is 1. The molecule has 1 fully saturated rings. The fourth-order valence-electron chi connectivity index (χ4n) is 2.41. The molecular formula is C11H17ClN2O2S2. The zero-order valence-corrected chi connectivity index (χ0v) is 12.8. The first-order valence-electron chi connectivity index (χ1n) is 6.03. The second-order valence-electron chi connectivity index (χ2n) is 4.86. The van der Waals surface area contributed by atoms with E-state index in [1.807, 2.05) is 0 Å². The zero-order chi connectivity index (χ0) is 13.3. The maximum absolute atomic E-state index is 12.1. The average molecular weight is 309 g/mol. The third-order valence-corrected chi connectivity index (χ3v) is 6.84. The quantitative estimate of drug-likeness (QED) is 0.930. The molecule has 1 aromatic heterocycles. The highest BCUT2D eigenvalue weighted by molar-refractivity contribution is 7.91. The van der Waals surface area contributed by atoms with Crippen LogP contribution in [-0.2, 0) is 10.0 Å². The van der Waals surface area contributed by atoms with Crippen molar-refractivity contribution < 1.29 is 8.42 Å². The monoisotopic (exact) mass is 308 g/mol. The van der Waals surface area contributed by atoms with E-state index in [-0.39, 0.29) is 8.68 Å². The van der Waals surface area contributed by atoms with Gasteiger partial charge in [0.05, 0.1) is 5.69 Å². The van der Waals surface area contributed by atoms with Gasteiger partial charge in [0.1, 0.15) is 0 Å². The first kappa shape index (κ1) is 14.2. The molecule has 2 unspecified atom stereocenters. The lowest BCUT2D eigenvalue weighted by atomic mass is 9.99. The normalized spacial score (nSPS) is 24.6.